The van der Waals surface area contributed by atoms with Crippen molar-refractivity contribution >= 4 is 34.9 Å². The van der Waals surface area contributed by atoms with Crippen LogP contribution < -0.4 is 16.6 Å². The van der Waals surface area contributed by atoms with E-state index in [0.29, 0.717) is 15.7 Å². The summed E-state index contributed by atoms with van der Waals surface area (Å²) in [4.78, 5) is 10.8. The van der Waals surface area contributed by atoms with Gasteiger partial charge < -0.3 is 5.32 Å². The van der Waals surface area contributed by atoms with Crippen molar-refractivity contribution in [2.24, 2.45) is 5.84 Å². The number of halogens is 2. The molecule has 0 aromatic heterocycles. The Hall–Kier alpha value is -0.970. The quantitative estimate of drug-likeness (QED) is 0.385. The van der Waals surface area contributed by atoms with Crippen LogP contribution in [0.3, 0.4) is 0 Å². The first-order valence-corrected chi connectivity index (χ1v) is 4.11. The summed E-state index contributed by atoms with van der Waals surface area (Å²) in [5.41, 5.74) is 2.40. The second-order valence-corrected chi connectivity index (χ2v) is 3.13. The summed E-state index contributed by atoms with van der Waals surface area (Å²) < 4.78 is 0. The predicted molar refractivity (Wildman–Crippen MR) is 52.8 cm³/mol. The summed E-state index contributed by atoms with van der Waals surface area (Å²) in [6, 6.07) is 4.15. The van der Waals surface area contributed by atoms with E-state index in [4.69, 9.17) is 29.0 Å². The van der Waals surface area contributed by atoms with E-state index in [0.717, 1.165) is 0 Å². The highest BCUT2D eigenvalue weighted by atomic mass is 35.5. The van der Waals surface area contributed by atoms with E-state index in [2.05, 4.69) is 5.32 Å². The van der Waals surface area contributed by atoms with Gasteiger partial charge in [-0.05, 0) is 18.2 Å². The molecule has 0 atom stereocenters. The number of rotatable bonds is 1. The Labute approximate surface area is 85.0 Å². The van der Waals surface area contributed by atoms with Crippen LogP contribution in [-0.2, 0) is 0 Å². The zero-order chi connectivity index (χ0) is 9.84. The van der Waals surface area contributed by atoms with Gasteiger partial charge in [-0.15, -0.1) is 0 Å². The molecule has 70 valence electrons. The number of carbonyl (C=O) groups excluding carboxylic acids is 1. The Bertz CT molecular complexity index is 309. The summed E-state index contributed by atoms with van der Waals surface area (Å²) in [5, 5.41) is 3.32. The zero-order valence-electron chi connectivity index (χ0n) is 6.47. The summed E-state index contributed by atoms with van der Waals surface area (Å²) in [6.45, 7) is 0. The molecule has 0 saturated carbocycles. The van der Waals surface area contributed by atoms with Crippen LogP contribution in [0.4, 0.5) is 10.5 Å². The molecule has 1 aromatic carbocycles. The van der Waals surface area contributed by atoms with E-state index < -0.39 is 6.03 Å². The van der Waals surface area contributed by atoms with Crippen LogP contribution in [0.1, 0.15) is 0 Å². The van der Waals surface area contributed by atoms with Gasteiger partial charge in [-0.3, -0.25) is 5.43 Å². The molecule has 0 fully saturated rings. The number of amides is 2. The molecule has 6 heteroatoms. The van der Waals surface area contributed by atoms with E-state index in [1.807, 2.05) is 5.43 Å². The lowest BCUT2D eigenvalue weighted by atomic mass is 10.3. The van der Waals surface area contributed by atoms with Gasteiger partial charge in [0.25, 0.3) is 0 Å². The Balaban J connectivity index is 2.83. The minimum absolute atomic E-state index is 0.444. The van der Waals surface area contributed by atoms with E-state index in [1.165, 1.54) is 0 Å². The molecular weight excluding hydrogens is 213 g/mol. The molecule has 4 nitrogen and oxygen atoms in total. The molecule has 0 saturated heterocycles. The largest absolute Gasteiger partial charge is 0.333 e. The minimum Gasteiger partial charge on any atom is -0.307 e. The lowest BCUT2D eigenvalue weighted by molar-refractivity contribution is 0.252. The maximum Gasteiger partial charge on any atom is 0.333 e. The van der Waals surface area contributed by atoms with Crippen molar-refractivity contribution in [1.82, 2.24) is 5.43 Å². The summed E-state index contributed by atoms with van der Waals surface area (Å²) in [6.07, 6.45) is 0. The lowest BCUT2D eigenvalue weighted by Crippen LogP contribution is -2.34. The monoisotopic (exact) mass is 219 g/mol. The maximum atomic E-state index is 10.8. The average molecular weight is 220 g/mol. The third-order valence-electron chi connectivity index (χ3n) is 1.25. The number of carbonyl (C=O) groups is 1. The van der Waals surface area contributed by atoms with Gasteiger partial charge >= 0.3 is 6.03 Å². The number of anilines is 1. The van der Waals surface area contributed by atoms with Crippen LogP contribution in [0.5, 0.6) is 0 Å². The molecule has 2 amide bonds. The summed E-state index contributed by atoms with van der Waals surface area (Å²) in [7, 11) is 0. The van der Waals surface area contributed by atoms with Gasteiger partial charge in [-0.25, -0.2) is 10.6 Å². The number of urea groups is 1. The second kappa shape index (κ2) is 4.32. The Kier molecular flexibility index (Phi) is 3.36. The van der Waals surface area contributed by atoms with Crippen LogP contribution in [0.25, 0.3) is 0 Å². The van der Waals surface area contributed by atoms with E-state index in [-0.39, 0.29) is 0 Å². The number of nitrogens with one attached hydrogen (secondary N) is 2. The lowest BCUT2D eigenvalue weighted by Gasteiger charge is -2.04. The standard InChI is InChI=1S/C7H7Cl2N3O/c8-4-1-5(9)3-6(2-4)11-7(13)12-10/h1-3H,10H2,(H2,11,12,13). The van der Waals surface area contributed by atoms with E-state index >= 15 is 0 Å². The van der Waals surface area contributed by atoms with Crippen LogP contribution >= 0.6 is 23.2 Å². The fraction of sp³-hybridized carbons (Fsp3) is 0. The first kappa shape index (κ1) is 10.1. The Morgan fingerprint density at radius 3 is 2.23 bits per heavy atom. The van der Waals surface area contributed by atoms with Crippen molar-refractivity contribution in [2.45, 2.75) is 0 Å². The fourth-order valence-electron chi connectivity index (χ4n) is 0.793. The van der Waals surface area contributed by atoms with Gasteiger partial charge in [0, 0.05) is 15.7 Å². The SMILES string of the molecule is NNC(=O)Nc1cc(Cl)cc(Cl)c1. The molecule has 0 heterocycles. The number of nitrogens with two attached hydrogens (primary N) is 1. The van der Waals surface area contributed by atoms with E-state index in [1.54, 1.807) is 18.2 Å². The molecule has 0 bridgehead atoms. The van der Waals surface area contributed by atoms with Gasteiger partial charge in [0.2, 0.25) is 0 Å². The Morgan fingerprint density at radius 2 is 1.77 bits per heavy atom. The number of hydrazine groups is 1. The average Bonchev–Trinajstić information content (AvgIpc) is 2.02. The molecular formula is C7H7Cl2N3O. The van der Waals surface area contributed by atoms with Crippen molar-refractivity contribution in [1.29, 1.82) is 0 Å². The van der Waals surface area contributed by atoms with Gasteiger partial charge in [-0.2, -0.15) is 0 Å². The third kappa shape index (κ3) is 3.10. The summed E-state index contributed by atoms with van der Waals surface area (Å²) in [5.74, 6) is 4.87. The van der Waals surface area contributed by atoms with Gasteiger partial charge in [-0.1, -0.05) is 23.2 Å². The molecule has 0 radical (unpaired) electrons. The molecule has 0 aliphatic heterocycles. The molecule has 1 aromatic rings. The molecule has 0 spiro atoms. The van der Waals surface area contributed by atoms with E-state index in [9.17, 15) is 4.79 Å². The number of benzene rings is 1. The minimum atomic E-state index is -0.529. The van der Waals surface area contributed by atoms with Crippen molar-refractivity contribution in [2.75, 3.05) is 5.32 Å². The molecule has 0 aliphatic rings. The van der Waals surface area contributed by atoms with Gasteiger partial charge in [0.05, 0.1) is 0 Å². The fourth-order valence-corrected chi connectivity index (χ4v) is 1.32. The number of hydrogen-bond acceptors (Lipinski definition) is 2. The smallest absolute Gasteiger partial charge is 0.307 e. The van der Waals surface area contributed by atoms with Crippen molar-refractivity contribution < 1.29 is 4.79 Å². The van der Waals surface area contributed by atoms with Crippen LogP contribution in [0, 0.1) is 0 Å². The van der Waals surface area contributed by atoms with Crippen LogP contribution in [-0.4, -0.2) is 6.03 Å². The van der Waals surface area contributed by atoms with Crippen LogP contribution in [0.15, 0.2) is 18.2 Å². The topological polar surface area (TPSA) is 67.1 Å². The third-order valence-corrected chi connectivity index (χ3v) is 1.69. The van der Waals surface area contributed by atoms with Gasteiger partial charge in [0.1, 0.15) is 0 Å². The molecule has 1 rings (SSSR count). The highest BCUT2D eigenvalue weighted by molar-refractivity contribution is 6.35. The van der Waals surface area contributed by atoms with Crippen molar-refractivity contribution in [3.8, 4) is 0 Å². The highest BCUT2D eigenvalue weighted by Gasteiger charge is 2.01. The maximum absolute atomic E-state index is 10.8. The molecule has 0 unspecified atom stereocenters. The predicted octanol–water partition coefficient (Wildman–Crippen LogP) is 1.99. The van der Waals surface area contributed by atoms with Crippen LogP contribution in [0.2, 0.25) is 10.0 Å². The molecule has 4 N–H and O–H groups in total. The molecule has 0 aliphatic carbocycles. The first-order chi connectivity index (χ1) is 6.11. The van der Waals surface area contributed by atoms with Gasteiger partial charge in [0.15, 0.2) is 0 Å². The zero-order valence-corrected chi connectivity index (χ0v) is 7.99. The number of hydrogen-bond donors (Lipinski definition) is 3. The second-order valence-electron chi connectivity index (χ2n) is 2.26. The summed E-state index contributed by atoms with van der Waals surface area (Å²) >= 11 is 11.4. The van der Waals surface area contributed by atoms with Crippen molar-refractivity contribution in [3.05, 3.63) is 28.2 Å². The highest BCUT2D eigenvalue weighted by Crippen LogP contribution is 2.22. The Morgan fingerprint density at radius 1 is 1.23 bits per heavy atom. The first-order valence-electron chi connectivity index (χ1n) is 3.35. The van der Waals surface area contributed by atoms with Crippen molar-refractivity contribution in [3.63, 3.8) is 0 Å². The normalized spacial score (nSPS) is 9.46. The molecule has 13 heavy (non-hydrogen) atoms.